The number of hydrogen-bond acceptors (Lipinski definition) is 1. The van der Waals surface area contributed by atoms with Gasteiger partial charge in [-0.2, -0.15) is 0 Å². The molecule has 1 aliphatic rings. The van der Waals surface area contributed by atoms with Crippen LogP contribution in [0.4, 0.5) is 0 Å². The number of likely N-dealkylation sites (tertiary alicyclic amines) is 1. The molecule has 1 aliphatic heterocycles. The van der Waals surface area contributed by atoms with Crippen molar-refractivity contribution in [3.05, 3.63) is 11.6 Å². The summed E-state index contributed by atoms with van der Waals surface area (Å²) < 4.78 is 0. The van der Waals surface area contributed by atoms with Gasteiger partial charge in [-0.3, -0.25) is 4.79 Å². The summed E-state index contributed by atoms with van der Waals surface area (Å²) in [7, 11) is 0. The van der Waals surface area contributed by atoms with E-state index in [0.29, 0.717) is 5.41 Å². The van der Waals surface area contributed by atoms with E-state index in [9.17, 15) is 4.79 Å². The third kappa shape index (κ3) is 4.06. The monoisotopic (exact) mass is 209 g/mol. The molecule has 0 bridgehead atoms. The van der Waals surface area contributed by atoms with Crippen LogP contribution < -0.4 is 0 Å². The van der Waals surface area contributed by atoms with E-state index in [1.165, 1.54) is 6.42 Å². The van der Waals surface area contributed by atoms with Gasteiger partial charge in [-0.15, -0.1) is 0 Å². The van der Waals surface area contributed by atoms with E-state index < -0.39 is 0 Å². The van der Waals surface area contributed by atoms with Crippen LogP contribution in [0.1, 0.15) is 47.0 Å². The second-order valence-corrected chi connectivity index (χ2v) is 5.56. The van der Waals surface area contributed by atoms with E-state index in [2.05, 4.69) is 13.8 Å². The molecule has 1 saturated heterocycles. The zero-order valence-corrected chi connectivity index (χ0v) is 10.5. The number of carbonyl (C=O) groups is 1. The number of carbonyl (C=O) groups excluding carboxylic acids is 1. The first kappa shape index (κ1) is 12.3. The van der Waals surface area contributed by atoms with Crippen LogP contribution in [0.25, 0.3) is 0 Å². The molecule has 1 fully saturated rings. The molecular weight excluding hydrogens is 186 g/mol. The van der Waals surface area contributed by atoms with Crippen molar-refractivity contribution in [1.82, 2.24) is 4.90 Å². The van der Waals surface area contributed by atoms with Gasteiger partial charge >= 0.3 is 0 Å². The van der Waals surface area contributed by atoms with Crippen molar-refractivity contribution in [2.45, 2.75) is 47.0 Å². The maximum Gasteiger partial charge on any atom is 0.246 e. The largest absolute Gasteiger partial charge is 0.339 e. The Bertz CT molecular complexity index is 262. The van der Waals surface area contributed by atoms with Crippen molar-refractivity contribution in [3.8, 4) is 0 Å². The summed E-state index contributed by atoms with van der Waals surface area (Å²) in [5, 5.41) is 0. The van der Waals surface area contributed by atoms with Crippen LogP contribution in [-0.4, -0.2) is 23.9 Å². The molecule has 86 valence electrons. The number of rotatable bonds is 1. The zero-order valence-electron chi connectivity index (χ0n) is 10.5. The topological polar surface area (TPSA) is 20.3 Å². The van der Waals surface area contributed by atoms with Crippen molar-refractivity contribution in [2.24, 2.45) is 5.41 Å². The number of nitrogens with zero attached hydrogens (tertiary/aromatic N) is 1. The molecule has 0 spiro atoms. The highest BCUT2D eigenvalue weighted by atomic mass is 16.2. The molecule has 0 aromatic heterocycles. The Morgan fingerprint density at radius 1 is 1.20 bits per heavy atom. The smallest absolute Gasteiger partial charge is 0.246 e. The Balaban J connectivity index is 2.58. The van der Waals surface area contributed by atoms with Crippen LogP contribution in [0.15, 0.2) is 11.6 Å². The molecule has 1 rings (SSSR count). The Morgan fingerprint density at radius 3 is 2.47 bits per heavy atom. The Morgan fingerprint density at radius 2 is 1.87 bits per heavy atom. The minimum atomic E-state index is 0.188. The average Bonchev–Trinajstić information content (AvgIpc) is 2.25. The quantitative estimate of drug-likeness (QED) is 0.608. The van der Waals surface area contributed by atoms with Crippen LogP contribution in [0, 0.1) is 5.41 Å². The molecule has 0 N–H and O–H groups in total. The first-order valence-electron chi connectivity index (χ1n) is 5.84. The fraction of sp³-hybridized carbons (Fsp3) is 0.769. The van der Waals surface area contributed by atoms with E-state index in [-0.39, 0.29) is 5.91 Å². The van der Waals surface area contributed by atoms with Gasteiger partial charge in [0.1, 0.15) is 0 Å². The van der Waals surface area contributed by atoms with Gasteiger partial charge in [0, 0.05) is 19.2 Å². The maximum atomic E-state index is 11.8. The Kier molecular flexibility index (Phi) is 3.95. The van der Waals surface area contributed by atoms with E-state index >= 15 is 0 Å². The van der Waals surface area contributed by atoms with Gasteiger partial charge in [0.05, 0.1) is 0 Å². The molecule has 0 aromatic rings. The molecule has 0 saturated carbocycles. The summed E-state index contributed by atoms with van der Waals surface area (Å²) in [5.74, 6) is 0.188. The minimum Gasteiger partial charge on any atom is -0.339 e. The summed E-state index contributed by atoms with van der Waals surface area (Å²) in [5.41, 5.74) is 1.49. The van der Waals surface area contributed by atoms with E-state index in [1.54, 1.807) is 6.08 Å². The van der Waals surface area contributed by atoms with Crippen LogP contribution >= 0.6 is 0 Å². The van der Waals surface area contributed by atoms with Crippen molar-refractivity contribution in [2.75, 3.05) is 13.1 Å². The number of allylic oxidation sites excluding steroid dienone is 1. The van der Waals surface area contributed by atoms with Crippen LogP contribution in [0.5, 0.6) is 0 Å². The molecule has 2 heteroatoms. The molecular formula is C13H23NO. The first-order valence-corrected chi connectivity index (χ1v) is 5.84. The number of amides is 1. The zero-order chi connectivity index (χ0) is 11.5. The summed E-state index contributed by atoms with van der Waals surface area (Å²) in [6.07, 6.45) is 5.23. The van der Waals surface area contributed by atoms with Gasteiger partial charge in [-0.25, -0.2) is 0 Å². The Labute approximate surface area is 93.3 Å². The summed E-state index contributed by atoms with van der Waals surface area (Å²) in [4.78, 5) is 13.8. The summed E-state index contributed by atoms with van der Waals surface area (Å²) >= 11 is 0. The SMILES string of the molecule is CC(C)=CC(=O)N1CCCC(C)(C)CC1. The fourth-order valence-corrected chi connectivity index (χ4v) is 1.98. The highest BCUT2D eigenvalue weighted by Gasteiger charge is 2.24. The highest BCUT2D eigenvalue weighted by Crippen LogP contribution is 2.29. The average molecular weight is 209 g/mol. The third-order valence-corrected chi connectivity index (χ3v) is 3.06. The highest BCUT2D eigenvalue weighted by molar-refractivity contribution is 5.88. The van der Waals surface area contributed by atoms with Gasteiger partial charge in [0.15, 0.2) is 0 Å². The summed E-state index contributed by atoms with van der Waals surface area (Å²) in [6, 6.07) is 0. The maximum absolute atomic E-state index is 11.8. The molecule has 1 heterocycles. The lowest BCUT2D eigenvalue weighted by Gasteiger charge is -2.22. The first-order chi connectivity index (χ1) is 6.91. The van der Waals surface area contributed by atoms with Crippen molar-refractivity contribution in [1.29, 1.82) is 0 Å². The molecule has 0 aromatic carbocycles. The van der Waals surface area contributed by atoms with E-state index in [0.717, 1.165) is 31.5 Å². The predicted octanol–water partition coefficient (Wildman–Crippen LogP) is 2.99. The van der Waals surface area contributed by atoms with Crippen molar-refractivity contribution >= 4 is 5.91 Å². The van der Waals surface area contributed by atoms with Crippen LogP contribution in [0.2, 0.25) is 0 Å². The van der Waals surface area contributed by atoms with E-state index in [4.69, 9.17) is 0 Å². The summed E-state index contributed by atoms with van der Waals surface area (Å²) in [6.45, 7) is 10.4. The second kappa shape index (κ2) is 4.82. The normalized spacial score (nSPS) is 20.7. The molecule has 0 aliphatic carbocycles. The van der Waals surface area contributed by atoms with E-state index in [1.807, 2.05) is 18.7 Å². The molecule has 0 unspecified atom stereocenters. The lowest BCUT2D eigenvalue weighted by Crippen LogP contribution is -2.31. The van der Waals surface area contributed by atoms with Gasteiger partial charge in [0.25, 0.3) is 0 Å². The molecule has 2 nitrogen and oxygen atoms in total. The van der Waals surface area contributed by atoms with Crippen LogP contribution in [0.3, 0.4) is 0 Å². The lowest BCUT2D eigenvalue weighted by atomic mass is 9.85. The van der Waals surface area contributed by atoms with Crippen molar-refractivity contribution in [3.63, 3.8) is 0 Å². The molecule has 15 heavy (non-hydrogen) atoms. The molecule has 0 atom stereocenters. The molecule has 0 radical (unpaired) electrons. The standard InChI is InChI=1S/C13H23NO/c1-11(2)10-12(15)14-8-5-6-13(3,4)7-9-14/h10H,5-9H2,1-4H3. The minimum absolute atomic E-state index is 0.188. The van der Waals surface area contributed by atoms with Crippen LogP contribution in [-0.2, 0) is 4.79 Å². The number of hydrogen-bond donors (Lipinski definition) is 0. The Hall–Kier alpha value is -0.790. The van der Waals surface area contributed by atoms with Gasteiger partial charge in [0.2, 0.25) is 5.91 Å². The van der Waals surface area contributed by atoms with Gasteiger partial charge in [-0.05, 0) is 38.5 Å². The predicted molar refractivity (Wildman–Crippen MR) is 63.6 cm³/mol. The van der Waals surface area contributed by atoms with Gasteiger partial charge in [-0.1, -0.05) is 19.4 Å². The molecule has 1 amide bonds. The third-order valence-electron chi connectivity index (χ3n) is 3.06. The lowest BCUT2D eigenvalue weighted by molar-refractivity contribution is -0.126. The van der Waals surface area contributed by atoms with Crippen molar-refractivity contribution < 1.29 is 4.79 Å². The van der Waals surface area contributed by atoms with Gasteiger partial charge < -0.3 is 4.90 Å². The second-order valence-electron chi connectivity index (χ2n) is 5.56. The fourth-order valence-electron chi connectivity index (χ4n) is 1.98.